The van der Waals surface area contributed by atoms with E-state index in [1.54, 1.807) is 4.57 Å². The molecule has 0 saturated heterocycles. The molecule has 0 unspecified atom stereocenters. The number of rotatable bonds is 8. The number of hydrogen-bond donors (Lipinski definition) is 1. The zero-order valence-electron chi connectivity index (χ0n) is 16.4. The van der Waals surface area contributed by atoms with Gasteiger partial charge >= 0.3 is 5.69 Å². The minimum Gasteiger partial charge on any atom is -0.360 e. The molecular formula is C23H26N2O3. The molecule has 0 spiro atoms. The smallest absolute Gasteiger partial charge is 0.330 e. The molecule has 0 amide bonds. The van der Waals surface area contributed by atoms with Crippen LogP contribution >= 0.6 is 0 Å². The lowest BCUT2D eigenvalue weighted by atomic mass is 10.0. The maximum absolute atomic E-state index is 12.5. The van der Waals surface area contributed by atoms with Crippen molar-refractivity contribution in [1.82, 2.24) is 9.55 Å². The third kappa shape index (κ3) is 4.87. The highest BCUT2D eigenvalue weighted by Crippen LogP contribution is 2.13. The lowest BCUT2D eigenvalue weighted by Gasteiger charge is -2.16. The van der Waals surface area contributed by atoms with Crippen LogP contribution in [0.3, 0.4) is 0 Å². The summed E-state index contributed by atoms with van der Waals surface area (Å²) in [5.74, 6) is 0. The highest BCUT2D eigenvalue weighted by Gasteiger charge is 2.14. The van der Waals surface area contributed by atoms with Crippen molar-refractivity contribution in [2.45, 2.75) is 39.8 Å². The number of benzene rings is 2. The van der Waals surface area contributed by atoms with Gasteiger partial charge < -0.3 is 4.74 Å². The molecule has 0 atom stereocenters. The monoisotopic (exact) mass is 378 g/mol. The van der Waals surface area contributed by atoms with Crippen LogP contribution in [0, 0.1) is 6.92 Å². The van der Waals surface area contributed by atoms with Gasteiger partial charge in [-0.2, -0.15) is 0 Å². The van der Waals surface area contributed by atoms with Gasteiger partial charge in [0.25, 0.3) is 5.56 Å². The van der Waals surface area contributed by atoms with E-state index < -0.39 is 5.69 Å². The normalized spacial score (nSPS) is 10.9. The molecule has 1 heterocycles. The fourth-order valence-electron chi connectivity index (χ4n) is 3.25. The zero-order valence-corrected chi connectivity index (χ0v) is 16.4. The standard InChI is InChI=1S/C23H26N2O3/c1-3-20-21(15-19-11-9-17(2)10-12-19)25(23(27)24-22(20)26)16-28-14-13-18-7-5-4-6-8-18/h4-12H,3,13-16H2,1-2H3,(H,24,26,27). The van der Waals surface area contributed by atoms with E-state index in [0.29, 0.717) is 25.0 Å². The summed E-state index contributed by atoms with van der Waals surface area (Å²) in [7, 11) is 0. The van der Waals surface area contributed by atoms with Gasteiger partial charge in [-0.1, -0.05) is 67.1 Å². The van der Waals surface area contributed by atoms with Crippen LogP contribution in [-0.4, -0.2) is 16.2 Å². The van der Waals surface area contributed by atoms with Gasteiger partial charge in [-0.15, -0.1) is 0 Å². The van der Waals surface area contributed by atoms with Gasteiger partial charge in [0.15, 0.2) is 0 Å². The summed E-state index contributed by atoms with van der Waals surface area (Å²) < 4.78 is 7.33. The number of nitrogens with zero attached hydrogens (tertiary/aromatic N) is 1. The highest BCUT2D eigenvalue weighted by molar-refractivity contribution is 5.29. The zero-order chi connectivity index (χ0) is 19.9. The maximum Gasteiger partial charge on any atom is 0.330 e. The average molecular weight is 378 g/mol. The molecule has 0 aliphatic heterocycles. The molecule has 1 aromatic heterocycles. The third-order valence-electron chi connectivity index (χ3n) is 4.86. The van der Waals surface area contributed by atoms with Gasteiger partial charge in [-0.25, -0.2) is 4.79 Å². The van der Waals surface area contributed by atoms with E-state index in [1.807, 2.05) is 68.4 Å². The van der Waals surface area contributed by atoms with Crippen molar-refractivity contribution < 1.29 is 4.74 Å². The Morgan fingerprint density at radius 3 is 2.36 bits per heavy atom. The van der Waals surface area contributed by atoms with Gasteiger partial charge in [-0.05, 0) is 30.9 Å². The van der Waals surface area contributed by atoms with Crippen LogP contribution in [0.5, 0.6) is 0 Å². The van der Waals surface area contributed by atoms with Gasteiger partial charge in [0.2, 0.25) is 0 Å². The Hall–Kier alpha value is -2.92. The predicted molar refractivity (Wildman–Crippen MR) is 111 cm³/mol. The molecule has 0 aliphatic rings. The van der Waals surface area contributed by atoms with Gasteiger partial charge in [0.1, 0.15) is 6.73 Å². The molecule has 5 nitrogen and oxygen atoms in total. The molecule has 3 aromatic rings. The Morgan fingerprint density at radius 1 is 0.964 bits per heavy atom. The SMILES string of the molecule is CCc1c(Cc2ccc(C)cc2)n(COCCc2ccccc2)c(=O)[nH]c1=O. The number of H-pyrrole nitrogens is 1. The first-order valence-electron chi connectivity index (χ1n) is 9.60. The fourth-order valence-corrected chi connectivity index (χ4v) is 3.25. The minimum absolute atomic E-state index is 0.122. The molecule has 146 valence electrons. The van der Waals surface area contributed by atoms with E-state index in [-0.39, 0.29) is 12.3 Å². The first-order chi connectivity index (χ1) is 13.6. The number of hydrogen-bond acceptors (Lipinski definition) is 3. The van der Waals surface area contributed by atoms with Crippen molar-refractivity contribution in [1.29, 1.82) is 0 Å². The minimum atomic E-state index is -0.427. The summed E-state index contributed by atoms with van der Waals surface area (Å²) in [5, 5.41) is 0. The molecule has 0 saturated carbocycles. The number of aromatic nitrogens is 2. The van der Waals surface area contributed by atoms with Crippen molar-refractivity contribution >= 4 is 0 Å². The first kappa shape index (κ1) is 19.8. The second-order valence-corrected chi connectivity index (χ2v) is 6.90. The summed E-state index contributed by atoms with van der Waals surface area (Å²) in [6.45, 7) is 4.58. The number of aryl methyl sites for hydroxylation is 1. The lowest BCUT2D eigenvalue weighted by molar-refractivity contribution is 0.0740. The van der Waals surface area contributed by atoms with Gasteiger partial charge in [-0.3, -0.25) is 14.3 Å². The Labute approximate surface area is 164 Å². The molecule has 1 N–H and O–H groups in total. The molecular weight excluding hydrogens is 352 g/mol. The molecule has 0 bridgehead atoms. The molecule has 28 heavy (non-hydrogen) atoms. The van der Waals surface area contributed by atoms with Crippen LogP contribution in [0.2, 0.25) is 0 Å². The van der Waals surface area contributed by atoms with Crippen LogP contribution < -0.4 is 11.2 Å². The van der Waals surface area contributed by atoms with E-state index >= 15 is 0 Å². The van der Waals surface area contributed by atoms with Crippen LogP contribution in [0.25, 0.3) is 0 Å². The van der Waals surface area contributed by atoms with Crippen LogP contribution in [0.15, 0.2) is 64.2 Å². The summed E-state index contributed by atoms with van der Waals surface area (Å²) in [4.78, 5) is 27.2. The maximum atomic E-state index is 12.5. The van der Waals surface area contributed by atoms with Crippen molar-refractivity contribution in [3.05, 3.63) is 103 Å². The Bertz CT molecular complexity index is 1020. The molecule has 2 aromatic carbocycles. The molecule has 0 radical (unpaired) electrons. The molecule has 5 heteroatoms. The van der Waals surface area contributed by atoms with E-state index in [2.05, 4.69) is 4.98 Å². The quantitative estimate of drug-likeness (QED) is 0.612. The average Bonchev–Trinajstić information content (AvgIpc) is 2.69. The summed E-state index contributed by atoms with van der Waals surface area (Å²) in [5.41, 5.74) is 4.03. The lowest BCUT2D eigenvalue weighted by Crippen LogP contribution is -2.36. The number of nitrogens with one attached hydrogen (secondary N) is 1. The van der Waals surface area contributed by atoms with Crippen LogP contribution in [0.4, 0.5) is 0 Å². The first-order valence-corrected chi connectivity index (χ1v) is 9.60. The van der Waals surface area contributed by atoms with Crippen molar-refractivity contribution in [3.8, 4) is 0 Å². The second-order valence-electron chi connectivity index (χ2n) is 6.90. The van der Waals surface area contributed by atoms with E-state index in [9.17, 15) is 9.59 Å². The number of aromatic amines is 1. The fraction of sp³-hybridized carbons (Fsp3) is 0.304. The summed E-state index contributed by atoms with van der Waals surface area (Å²) in [6.07, 6.45) is 1.85. The van der Waals surface area contributed by atoms with Crippen molar-refractivity contribution in [2.24, 2.45) is 0 Å². The predicted octanol–water partition coefficient (Wildman–Crippen LogP) is 3.22. The third-order valence-corrected chi connectivity index (χ3v) is 4.86. The van der Waals surface area contributed by atoms with Gasteiger partial charge in [0.05, 0.1) is 6.61 Å². The number of ether oxygens (including phenoxy) is 1. The topological polar surface area (TPSA) is 64.1 Å². The molecule has 0 aliphatic carbocycles. The van der Waals surface area contributed by atoms with E-state index in [0.717, 1.165) is 17.7 Å². The molecule has 0 fully saturated rings. The Kier molecular flexibility index (Phi) is 6.61. The summed E-state index contributed by atoms with van der Waals surface area (Å²) >= 11 is 0. The van der Waals surface area contributed by atoms with Crippen molar-refractivity contribution in [2.75, 3.05) is 6.61 Å². The summed E-state index contributed by atoms with van der Waals surface area (Å²) in [6, 6.07) is 18.2. The van der Waals surface area contributed by atoms with E-state index in [4.69, 9.17) is 4.74 Å². The van der Waals surface area contributed by atoms with Gasteiger partial charge in [0, 0.05) is 17.7 Å². The molecule has 3 rings (SSSR count). The highest BCUT2D eigenvalue weighted by atomic mass is 16.5. The van der Waals surface area contributed by atoms with Crippen LogP contribution in [-0.2, 0) is 30.7 Å². The van der Waals surface area contributed by atoms with Crippen LogP contribution in [0.1, 0.15) is 34.9 Å². The largest absolute Gasteiger partial charge is 0.360 e. The van der Waals surface area contributed by atoms with Crippen molar-refractivity contribution in [3.63, 3.8) is 0 Å². The second kappa shape index (κ2) is 9.33. The van der Waals surface area contributed by atoms with E-state index in [1.165, 1.54) is 11.1 Å². The Morgan fingerprint density at radius 2 is 1.68 bits per heavy atom. The Balaban J connectivity index is 1.81.